The molecule has 0 aromatic carbocycles. The molecular weight excluding hydrogens is 283 g/mol. The van der Waals surface area contributed by atoms with Crippen LogP contribution < -0.4 is 5.32 Å². The van der Waals surface area contributed by atoms with Gasteiger partial charge < -0.3 is 20.1 Å². The predicted octanol–water partition coefficient (Wildman–Crippen LogP) is -0.359. The van der Waals surface area contributed by atoms with Gasteiger partial charge in [0, 0.05) is 12.3 Å². The van der Waals surface area contributed by atoms with Crippen molar-refractivity contribution < 1.29 is 28.7 Å². The lowest BCUT2D eigenvalue weighted by atomic mass is 10.0. The first-order valence-corrected chi connectivity index (χ1v) is 6.50. The maximum Gasteiger partial charge on any atom is 0.305 e. The molecule has 0 spiro atoms. The summed E-state index contributed by atoms with van der Waals surface area (Å²) in [5.74, 6) is -3.49. The van der Waals surface area contributed by atoms with E-state index >= 15 is 0 Å². The van der Waals surface area contributed by atoms with Gasteiger partial charge in [-0.1, -0.05) is 0 Å². The number of ketones is 1. The Labute approximate surface area is 122 Å². The number of halogens is 1. The lowest BCUT2D eigenvalue weighted by Gasteiger charge is -2.17. The van der Waals surface area contributed by atoms with Gasteiger partial charge in [0.15, 0.2) is 5.78 Å². The second-order valence-electron chi connectivity index (χ2n) is 5.01. The molecule has 0 radical (unpaired) electrons. The third-order valence-corrected chi connectivity index (χ3v) is 2.82. The van der Waals surface area contributed by atoms with Crippen molar-refractivity contribution in [3.63, 3.8) is 0 Å². The number of carbonyl (C=O) groups excluding carboxylic acids is 3. The Balaban J connectivity index is 4.49. The summed E-state index contributed by atoms with van der Waals surface area (Å²) in [7, 11) is 3.65. The number of alkyl halides is 1. The van der Waals surface area contributed by atoms with E-state index in [4.69, 9.17) is 5.11 Å². The van der Waals surface area contributed by atoms with E-state index in [1.165, 1.54) is 0 Å². The molecule has 0 fully saturated rings. The van der Waals surface area contributed by atoms with Crippen molar-refractivity contribution in [1.29, 1.82) is 0 Å². The van der Waals surface area contributed by atoms with E-state index in [1.54, 1.807) is 0 Å². The zero-order valence-electron chi connectivity index (χ0n) is 12.2. The fourth-order valence-electron chi connectivity index (χ4n) is 1.65. The predicted molar refractivity (Wildman–Crippen MR) is 72.5 cm³/mol. The fraction of sp³-hybridized carbons (Fsp3) is 0.692. The van der Waals surface area contributed by atoms with Crippen molar-refractivity contribution in [3.05, 3.63) is 0 Å². The van der Waals surface area contributed by atoms with E-state index in [0.29, 0.717) is 19.3 Å². The zero-order chi connectivity index (χ0) is 16.4. The van der Waals surface area contributed by atoms with Gasteiger partial charge in [-0.05, 0) is 27.1 Å². The van der Waals surface area contributed by atoms with E-state index in [-0.39, 0.29) is 6.42 Å². The number of carbonyl (C=O) groups is 4. The number of carboxylic acids is 1. The maximum absolute atomic E-state index is 12.3. The van der Waals surface area contributed by atoms with Gasteiger partial charge >= 0.3 is 5.97 Å². The number of amides is 1. The Morgan fingerprint density at radius 2 is 1.90 bits per heavy atom. The van der Waals surface area contributed by atoms with Crippen LogP contribution in [-0.2, 0) is 19.2 Å². The topological polar surface area (TPSA) is 104 Å². The van der Waals surface area contributed by atoms with E-state index in [9.17, 15) is 23.6 Å². The molecule has 0 aliphatic heterocycles. The lowest BCUT2D eigenvalue weighted by Crippen LogP contribution is -2.43. The van der Waals surface area contributed by atoms with Crippen LogP contribution in [0.1, 0.15) is 19.3 Å². The number of nitrogens with zero attached hydrogens (tertiary/aromatic N) is 1. The van der Waals surface area contributed by atoms with E-state index in [2.05, 4.69) is 5.32 Å². The smallest absolute Gasteiger partial charge is 0.305 e. The van der Waals surface area contributed by atoms with Crippen LogP contribution in [0.2, 0.25) is 0 Å². The third kappa shape index (κ3) is 8.85. The standard InChI is InChI=1S/C13H21FN2O5/c1-16(2)4-3-9(8-17)5-12(19)15-10(6-13(20)21)11(18)7-14/h8-10H,3-7H2,1-2H3,(H,15,19)(H,20,21). The molecule has 2 atom stereocenters. The molecule has 0 aromatic heterocycles. The normalized spacial score (nSPS) is 13.5. The van der Waals surface area contributed by atoms with Gasteiger partial charge in [0.05, 0.1) is 6.42 Å². The molecule has 120 valence electrons. The number of aliphatic carboxylic acids is 1. The molecule has 21 heavy (non-hydrogen) atoms. The zero-order valence-corrected chi connectivity index (χ0v) is 12.2. The van der Waals surface area contributed by atoms with Gasteiger partial charge in [0.1, 0.15) is 19.0 Å². The molecule has 0 aromatic rings. The highest BCUT2D eigenvalue weighted by molar-refractivity contribution is 5.92. The first-order valence-electron chi connectivity index (χ1n) is 6.50. The Bertz CT molecular complexity index is 387. The molecule has 0 saturated heterocycles. The van der Waals surface area contributed by atoms with E-state index < -0.39 is 42.7 Å². The van der Waals surface area contributed by atoms with Gasteiger partial charge in [-0.25, -0.2) is 4.39 Å². The van der Waals surface area contributed by atoms with Gasteiger partial charge in [-0.3, -0.25) is 14.4 Å². The number of Topliss-reactive ketones (excluding diaryl/α,β-unsaturated/α-hetero) is 1. The molecule has 7 nitrogen and oxygen atoms in total. The average molecular weight is 304 g/mol. The summed E-state index contributed by atoms with van der Waals surface area (Å²) < 4.78 is 12.3. The summed E-state index contributed by atoms with van der Waals surface area (Å²) in [6.07, 6.45) is 0.266. The summed E-state index contributed by atoms with van der Waals surface area (Å²) in [5, 5.41) is 10.8. The van der Waals surface area contributed by atoms with E-state index in [1.807, 2.05) is 19.0 Å². The number of rotatable bonds is 11. The summed E-state index contributed by atoms with van der Waals surface area (Å²) >= 11 is 0. The van der Waals surface area contributed by atoms with Crippen LogP contribution >= 0.6 is 0 Å². The van der Waals surface area contributed by atoms with Crippen LogP contribution in [0.15, 0.2) is 0 Å². The lowest BCUT2D eigenvalue weighted by molar-refractivity contribution is -0.140. The number of hydrogen-bond acceptors (Lipinski definition) is 5. The Kier molecular flexibility index (Phi) is 9.11. The average Bonchev–Trinajstić information content (AvgIpc) is 2.40. The molecule has 0 bridgehead atoms. The van der Waals surface area contributed by atoms with Gasteiger partial charge in [0.25, 0.3) is 0 Å². The van der Waals surface area contributed by atoms with Crippen molar-refractivity contribution in [2.24, 2.45) is 5.92 Å². The summed E-state index contributed by atoms with van der Waals surface area (Å²) in [6.45, 7) is -0.741. The maximum atomic E-state index is 12.3. The van der Waals surface area contributed by atoms with Crippen LogP contribution in [0.25, 0.3) is 0 Å². The molecule has 0 saturated carbocycles. The molecule has 0 heterocycles. The van der Waals surface area contributed by atoms with Crippen LogP contribution in [0.3, 0.4) is 0 Å². The van der Waals surface area contributed by atoms with Crippen molar-refractivity contribution in [1.82, 2.24) is 10.2 Å². The Morgan fingerprint density at radius 1 is 1.29 bits per heavy atom. The Morgan fingerprint density at radius 3 is 2.33 bits per heavy atom. The second-order valence-corrected chi connectivity index (χ2v) is 5.01. The Hall–Kier alpha value is -1.83. The van der Waals surface area contributed by atoms with E-state index in [0.717, 1.165) is 0 Å². The third-order valence-electron chi connectivity index (χ3n) is 2.82. The number of hydrogen-bond donors (Lipinski definition) is 2. The van der Waals surface area contributed by atoms with Gasteiger partial charge in [-0.2, -0.15) is 0 Å². The highest BCUT2D eigenvalue weighted by Gasteiger charge is 2.24. The van der Waals surface area contributed by atoms with Gasteiger partial charge in [0.2, 0.25) is 5.91 Å². The highest BCUT2D eigenvalue weighted by atomic mass is 19.1. The quantitative estimate of drug-likeness (QED) is 0.505. The first kappa shape index (κ1) is 19.2. The molecule has 0 aliphatic carbocycles. The molecule has 0 rings (SSSR count). The van der Waals surface area contributed by atoms with Crippen LogP contribution in [0, 0.1) is 5.92 Å². The summed E-state index contributed by atoms with van der Waals surface area (Å²) in [6, 6.07) is -1.40. The second kappa shape index (κ2) is 9.98. The van der Waals surface area contributed by atoms with Crippen LogP contribution in [0.5, 0.6) is 0 Å². The van der Waals surface area contributed by atoms with Crippen molar-refractivity contribution in [3.8, 4) is 0 Å². The molecule has 2 N–H and O–H groups in total. The summed E-state index contributed by atoms with van der Waals surface area (Å²) in [4.78, 5) is 46.3. The molecule has 8 heteroatoms. The minimum atomic E-state index is -1.40. The first-order chi connectivity index (χ1) is 9.79. The van der Waals surface area contributed by atoms with Crippen molar-refractivity contribution in [2.75, 3.05) is 27.3 Å². The molecular formula is C13H21FN2O5. The highest BCUT2D eigenvalue weighted by Crippen LogP contribution is 2.07. The largest absolute Gasteiger partial charge is 0.481 e. The minimum absolute atomic E-state index is 0.160. The molecule has 2 unspecified atom stereocenters. The summed E-state index contributed by atoms with van der Waals surface area (Å²) in [5.41, 5.74) is 0. The minimum Gasteiger partial charge on any atom is -0.481 e. The number of aldehydes is 1. The monoisotopic (exact) mass is 304 g/mol. The number of nitrogens with one attached hydrogen (secondary N) is 1. The molecule has 1 amide bonds. The van der Waals surface area contributed by atoms with Crippen molar-refractivity contribution in [2.45, 2.75) is 25.3 Å². The number of carboxylic acid groups (broad SMARTS) is 1. The SMILES string of the molecule is CN(C)CCC(C=O)CC(=O)NC(CC(=O)O)C(=O)CF. The van der Waals surface area contributed by atoms with Gasteiger partial charge in [-0.15, -0.1) is 0 Å². The van der Waals surface area contributed by atoms with Crippen LogP contribution in [-0.4, -0.2) is 67.3 Å². The fourth-order valence-corrected chi connectivity index (χ4v) is 1.65. The van der Waals surface area contributed by atoms with Crippen LogP contribution in [0.4, 0.5) is 4.39 Å². The van der Waals surface area contributed by atoms with Crippen molar-refractivity contribution >= 4 is 23.9 Å². The molecule has 0 aliphatic rings.